The van der Waals surface area contributed by atoms with E-state index in [9.17, 15) is 9.59 Å². The molecule has 28 heavy (non-hydrogen) atoms. The van der Waals surface area contributed by atoms with Gasteiger partial charge in [0.2, 0.25) is 0 Å². The maximum absolute atomic E-state index is 13.1. The molecule has 2 aromatic heterocycles. The molecule has 0 N–H and O–H groups in total. The van der Waals surface area contributed by atoms with Crippen LogP contribution in [-0.2, 0) is 12.0 Å². The highest BCUT2D eigenvalue weighted by molar-refractivity contribution is 7.20. The van der Waals surface area contributed by atoms with Crippen molar-refractivity contribution in [1.29, 1.82) is 0 Å². The lowest BCUT2D eigenvalue weighted by atomic mass is 9.92. The van der Waals surface area contributed by atoms with E-state index in [2.05, 4.69) is 30.9 Å². The third kappa shape index (κ3) is 3.58. The van der Waals surface area contributed by atoms with Crippen LogP contribution in [0.5, 0.6) is 0 Å². The van der Waals surface area contributed by atoms with E-state index < -0.39 is 0 Å². The van der Waals surface area contributed by atoms with Gasteiger partial charge in [-0.05, 0) is 31.0 Å². The number of amides is 1. The van der Waals surface area contributed by atoms with Gasteiger partial charge in [0.25, 0.3) is 11.5 Å². The van der Waals surface area contributed by atoms with Gasteiger partial charge in [-0.1, -0.05) is 32.9 Å². The Morgan fingerprint density at radius 3 is 2.75 bits per heavy atom. The second kappa shape index (κ2) is 7.13. The molecule has 1 fully saturated rings. The van der Waals surface area contributed by atoms with Crippen LogP contribution in [0.1, 0.15) is 49.1 Å². The minimum Gasteiger partial charge on any atom is -0.332 e. The van der Waals surface area contributed by atoms with E-state index in [-0.39, 0.29) is 22.9 Å². The summed E-state index contributed by atoms with van der Waals surface area (Å²) in [5.41, 5.74) is 1.45. The largest absolute Gasteiger partial charge is 0.332 e. The standard InChI is InChI=1S/C21H24N4O2S/c1-21(2,3)17-10-11-18(26)25(23-17)13-14-7-6-12-24(14)20(27)19-22-15-8-4-5-9-16(15)28-19/h4-5,8-11,14H,6-7,12-13H2,1-3H3. The maximum Gasteiger partial charge on any atom is 0.283 e. The van der Waals surface area contributed by atoms with Crippen molar-refractivity contribution in [2.45, 2.75) is 51.6 Å². The molecule has 0 spiro atoms. The van der Waals surface area contributed by atoms with Gasteiger partial charge >= 0.3 is 0 Å². The van der Waals surface area contributed by atoms with Crippen LogP contribution in [0, 0.1) is 0 Å². The Hall–Kier alpha value is -2.54. The van der Waals surface area contributed by atoms with Crippen LogP contribution in [0.15, 0.2) is 41.2 Å². The number of likely N-dealkylation sites (tertiary alicyclic amines) is 1. The number of thiazole rings is 1. The first kappa shape index (κ1) is 18.8. The predicted octanol–water partition coefficient (Wildman–Crippen LogP) is 3.46. The van der Waals surface area contributed by atoms with Gasteiger partial charge in [0.1, 0.15) is 0 Å². The minimum absolute atomic E-state index is 0.0417. The number of carbonyl (C=O) groups excluding carboxylic acids is 1. The van der Waals surface area contributed by atoms with E-state index in [4.69, 9.17) is 0 Å². The average molecular weight is 397 g/mol. The summed E-state index contributed by atoms with van der Waals surface area (Å²) in [6.07, 6.45) is 1.79. The number of aromatic nitrogens is 3. The number of carbonyl (C=O) groups is 1. The van der Waals surface area contributed by atoms with Crippen LogP contribution < -0.4 is 5.56 Å². The van der Waals surface area contributed by atoms with Gasteiger partial charge in [-0.3, -0.25) is 9.59 Å². The molecule has 0 saturated carbocycles. The Labute approximate surface area is 167 Å². The first-order valence-electron chi connectivity index (χ1n) is 9.58. The molecule has 1 aliphatic rings. The monoisotopic (exact) mass is 396 g/mol. The van der Waals surface area contributed by atoms with Crippen LogP contribution in [0.2, 0.25) is 0 Å². The normalized spacial score (nSPS) is 17.4. The molecule has 1 saturated heterocycles. The fourth-order valence-corrected chi connectivity index (χ4v) is 4.48. The molecule has 0 bridgehead atoms. The van der Waals surface area contributed by atoms with Gasteiger partial charge in [-0.15, -0.1) is 11.3 Å². The number of rotatable bonds is 3. The molecule has 1 aromatic carbocycles. The first-order valence-corrected chi connectivity index (χ1v) is 10.4. The summed E-state index contributed by atoms with van der Waals surface area (Å²) in [5.74, 6) is -0.0521. The van der Waals surface area contributed by atoms with E-state index in [1.807, 2.05) is 29.2 Å². The molecule has 146 valence electrons. The van der Waals surface area contributed by atoms with Crippen molar-refractivity contribution < 1.29 is 4.79 Å². The molecule has 3 aromatic rings. The average Bonchev–Trinajstić information content (AvgIpc) is 3.28. The number of hydrogen-bond acceptors (Lipinski definition) is 5. The lowest BCUT2D eigenvalue weighted by molar-refractivity contribution is 0.0720. The number of fused-ring (bicyclic) bond motifs is 1. The zero-order valence-corrected chi connectivity index (χ0v) is 17.2. The molecule has 0 aliphatic carbocycles. The summed E-state index contributed by atoms with van der Waals surface area (Å²) in [6, 6.07) is 11.1. The lowest BCUT2D eigenvalue weighted by Crippen LogP contribution is -2.41. The van der Waals surface area contributed by atoms with E-state index in [0.717, 1.165) is 28.8 Å². The van der Waals surface area contributed by atoms with Crippen molar-refractivity contribution in [3.63, 3.8) is 0 Å². The summed E-state index contributed by atoms with van der Waals surface area (Å²) in [4.78, 5) is 31.8. The zero-order valence-electron chi connectivity index (χ0n) is 16.4. The molecule has 1 aliphatic heterocycles. The summed E-state index contributed by atoms with van der Waals surface area (Å²) in [6.45, 7) is 7.32. The SMILES string of the molecule is CC(C)(C)c1ccc(=O)n(CC2CCCN2C(=O)c2nc3ccccc3s2)n1. The molecule has 6 nitrogen and oxygen atoms in total. The predicted molar refractivity (Wildman–Crippen MR) is 111 cm³/mol. The van der Waals surface area contributed by atoms with Crippen LogP contribution in [0.25, 0.3) is 10.2 Å². The highest BCUT2D eigenvalue weighted by atomic mass is 32.1. The zero-order chi connectivity index (χ0) is 19.9. The van der Waals surface area contributed by atoms with Crippen LogP contribution in [-0.4, -0.2) is 38.2 Å². The van der Waals surface area contributed by atoms with E-state index in [1.54, 1.807) is 12.1 Å². The molecule has 1 unspecified atom stereocenters. The van der Waals surface area contributed by atoms with Gasteiger partial charge in [0.15, 0.2) is 5.01 Å². The summed E-state index contributed by atoms with van der Waals surface area (Å²) in [7, 11) is 0. The van der Waals surface area contributed by atoms with Crippen molar-refractivity contribution in [3.05, 3.63) is 57.5 Å². The summed E-state index contributed by atoms with van der Waals surface area (Å²) in [5, 5.41) is 5.07. The van der Waals surface area contributed by atoms with Crippen LogP contribution >= 0.6 is 11.3 Å². The third-order valence-corrected chi connectivity index (χ3v) is 6.16. The molecule has 0 radical (unpaired) electrons. The number of benzene rings is 1. The van der Waals surface area contributed by atoms with Crippen LogP contribution in [0.4, 0.5) is 0 Å². The Kier molecular flexibility index (Phi) is 4.79. The van der Waals surface area contributed by atoms with Crippen molar-refractivity contribution in [2.24, 2.45) is 0 Å². The van der Waals surface area contributed by atoms with Crippen molar-refractivity contribution in [3.8, 4) is 0 Å². The first-order chi connectivity index (χ1) is 13.3. The Balaban J connectivity index is 1.59. The summed E-state index contributed by atoms with van der Waals surface area (Å²) < 4.78 is 2.52. The molecule has 7 heteroatoms. The van der Waals surface area contributed by atoms with Gasteiger partial charge in [-0.2, -0.15) is 5.10 Å². The Morgan fingerprint density at radius 1 is 1.21 bits per heavy atom. The molecule has 3 heterocycles. The highest BCUT2D eigenvalue weighted by Crippen LogP contribution is 2.26. The maximum atomic E-state index is 13.1. The lowest BCUT2D eigenvalue weighted by Gasteiger charge is -2.25. The second-order valence-corrected chi connectivity index (χ2v) is 9.30. The molecular weight excluding hydrogens is 372 g/mol. The Bertz CT molecular complexity index is 1050. The smallest absolute Gasteiger partial charge is 0.283 e. The number of nitrogens with zero attached hydrogens (tertiary/aromatic N) is 4. The molecule has 1 atom stereocenters. The van der Waals surface area contributed by atoms with Crippen molar-refractivity contribution in [1.82, 2.24) is 19.7 Å². The fraction of sp³-hybridized carbons (Fsp3) is 0.429. The van der Waals surface area contributed by atoms with Gasteiger partial charge in [0, 0.05) is 18.0 Å². The van der Waals surface area contributed by atoms with Crippen molar-refractivity contribution >= 4 is 27.5 Å². The third-order valence-electron chi connectivity index (χ3n) is 5.13. The summed E-state index contributed by atoms with van der Waals surface area (Å²) >= 11 is 1.42. The van der Waals surface area contributed by atoms with E-state index >= 15 is 0 Å². The molecule has 1 amide bonds. The quantitative estimate of drug-likeness (QED) is 0.680. The van der Waals surface area contributed by atoms with Crippen LogP contribution in [0.3, 0.4) is 0 Å². The topological polar surface area (TPSA) is 68.1 Å². The van der Waals surface area contributed by atoms with Crippen molar-refractivity contribution in [2.75, 3.05) is 6.54 Å². The second-order valence-electron chi connectivity index (χ2n) is 8.27. The minimum atomic E-state index is -0.137. The fourth-order valence-electron chi connectivity index (χ4n) is 3.56. The number of para-hydroxylation sites is 1. The van der Waals surface area contributed by atoms with E-state index in [1.165, 1.54) is 16.0 Å². The highest BCUT2D eigenvalue weighted by Gasteiger charge is 2.32. The van der Waals surface area contributed by atoms with E-state index in [0.29, 0.717) is 18.1 Å². The van der Waals surface area contributed by atoms with Gasteiger partial charge < -0.3 is 4.90 Å². The van der Waals surface area contributed by atoms with Gasteiger partial charge in [0.05, 0.1) is 28.5 Å². The number of hydrogen-bond donors (Lipinski definition) is 0. The molecule has 4 rings (SSSR count). The molecular formula is C21H24N4O2S. The van der Waals surface area contributed by atoms with Gasteiger partial charge in [-0.25, -0.2) is 9.67 Å². The Morgan fingerprint density at radius 2 is 2.00 bits per heavy atom.